The van der Waals surface area contributed by atoms with Crippen molar-refractivity contribution in [2.45, 2.75) is 58.5 Å². The second-order valence-corrected chi connectivity index (χ2v) is 9.64. The van der Waals surface area contributed by atoms with Crippen molar-refractivity contribution in [3.8, 4) is 0 Å². The monoisotopic (exact) mass is 428 g/mol. The molecule has 0 bridgehead atoms. The predicted octanol–water partition coefficient (Wildman–Crippen LogP) is 3.56. The number of piperidine rings is 1. The van der Waals surface area contributed by atoms with Crippen LogP contribution in [-0.4, -0.2) is 52.5 Å². The Bertz CT molecular complexity index is 891. The highest BCUT2D eigenvalue weighted by atomic mass is 16.7. The summed E-state index contributed by atoms with van der Waals surface area (Å²) in [4.78, 5) is 57.5. The molecule has 1 spiro atoms. The first-order chi connectivity index (χ1) is 14.6. The topological polar surface area (TPSA) is 93.2 Å². The number of carbonyl (C=O) groups excluding carboxylic acids is 4. The maximum Gasteiger partial charge on any atom is 0.410 e. The second-order valence-electron chi connectivity index (χ2n) is 9.64. The van der Waals surface area contributed by atoms with E-state index in [4.69, 9.17) is 9.57 Å². The van der Waals surface area contributed by atoms with Gasteiger partial charge in [-0.15, -0.1) is 0 Å². The lowest BCUT2D eigenvalue weighted by Crippen LogP contribution is -2.48. The predicted molar refractivity (Wildman–Crippen MR) is 110 cm³/mol. The minimum Gasteiger partial charge on any atom is -0.444 e. The highest BCUT2D eigenvalue weighted by molar-refractivity contribution is 6.20. The summed E-state index contributed by atoms with van der Waals surface area (Å²) in [6.45, 7) is 6.51. The van der Waals surface area contributed by atoms with E-state index in [1.165, 1.54) is 0 Å². The summed E-state index contributed by atoms with van der Waals surface area (Å²) < 4.78 is 5.46. The average molecular weight is 428 g/mol. The maximum atomic E-state index is 13.0. The third kappa shape index (κ3) is 3.91. The van der Waals surface area contributed by atoms with Crippen molar-refractivity contribution in [1.29, 1.82) is 0 Å². The Balaban J connectivity index is 1.41. The first-order valence-corrected chi connectivity index (χ1v) is 10.8. The molecular weight excluding hydrogens is 400 g/mol. The summed E-state index contributed by atoms with van der Waals surface area (Å²) in [7, 11) is 0. The smallest absolute Gasteiger partial charge is 0.410 e. The van der Waals surface area contributed by atoms with E-state index in [0.29, 0.717) is 37.4 Å². The highest BCUT2D eigenvalue weighted by Gasteiger charge is 2.51. The van der Waals surface area contributed by atoms with Crippen LogP contribution in [0.2, 0.25) is 0 Å². The number of benzene rings is 1. The summed E-state index contributed by atoms with van der Waals surface area (Å²) >= 11 is 0. The van der Waals surface area contributed by atoms with E-state index in [9.17, 15) is 19.2 Å². The van der Waals surface area contributed by atoms with E-state index in [0.717, 1.165) is 12.8 Å². The van der Waals surface area contributed by atoms with Gasteiger partial charge in [-0.05, 0) is 64.0 Å². The van der Waals surface area contributed by atoms with Gasteiger partial charge in [0.25, 0.3) is 11.8 Å². The number of imide groups is 1. The normalized spacial score (nSPS) is 22.6. The lowest BCUT2D eigenvalue weighted by molar-refractivity contribution is -0.178. The van der Waals surface area contributed by atoms with Crippen LogP contribution in [0, 0.1) is 11.3 Å². The zero-order chi connectivity index (χ0) is 22.4. The van der Waals surface area contributed by atoms with Gasteiger partial charge in [0.2, 0.25) is 0 Å². The molecule has 1 saturated carbocycles. The molecule has 1 aromatic rings. The maximum absolute atomic E-state index is 13.0. The summed E-state index contributed by atoms with van der Waals surface area (Å²) in [6.07, 6.45) is 3.35. The van der Waals surface area contributed by atoms with Gasteiger partial charge >= 0.3 is 12.1 Å². The Kier molecular flexibility index (Phi) is 5.27. The Labute approximate surface area is 181 Å². The van der Waals surface area contributed by atoms with Gasteiger partial charge in [-0.25, -0.2) is 9.59 Å². The molecule has 1 unspecified atom stereocenters. The van der Waals surface area contributed by atoms with E-state index in [1.54, 1.807) is 29.2 Å². The summed E-state index contributed by atoms with van der Waals surface area (Å²) in [5.74, 6) is -2.17. The molecule has 0 N–H and O–H groups in total. The van der Waals surface area contributed by atoms with E-state index < -0.39 is 29.3 Å². The first-order valence-electron chi connectivity index (χ1n) is 10.8. The van der Waals surface area contributed by atoms with Crippen molar-refractivity contribution in [3.05, 3.63) is 35.4 Å². The summed E-state index contributed by atoms with van der Waals surface area (Å²) in [5.41, 5.74) is -0.355. The number of fused-ring (bicyclic) bond motifs is 1. The molecule has 8 nitrogen and oxygen atoms in total. The lowest BCUT2D eigenvalue weighted by atomic mass is 9.70. The molecule has 2 fully saturated rings. The number of likely N-dealkylation sites (tertiary alicyclic amines) is 1. The molecule has 2 heterocycles. The Morgan fingerprint density at radius 2 is 1.58 bits per heavy atom. The Morgan fingerprint density at radius 1 is 1.00 bits per heavy atom. The summed E-state index contributed by atoms with van der Waals surface area (Å²) in [6, 6.07) is 6.43. The molecule has 1 aliphatic carbocycles. The van der Waals surface area contributed by atoms with Crippen molar-refractivity contribution in [1.82, 2.24) is 9.96 Å². The fourth-order valence-electron chi connectivity index (χ4n) is 4.97. The van der Waals surface area contributed by atoms with Crippen LogP contribution in [0.5, 0.6) is 0 Å². The first kappa shape index (κ1) is 21.3. The van der Waals surface area contributed by atoms with Gasteiger partial charge in [-0.1, -0.05) is 23.6 Å². The third-order valence-electron chi connectivity index (χ3n) is 6.54. The number of amides is 3. The zero-order valence-electron chi connectivity index (χ0n) is 18.2. The summed E-state index contributed by atoms with van der Waals surface area (Å²) in [5, 5.41) is 0.592. The van der Waals surface area contributed by atoms with E-state index in [1.807, 2.05) is 20.8 Å². The van der Waals surface area contributed by atoms with Gasteiger partial charge in [0.05, 0.1) is 17.0 Å². The van der Waals surface area contributed by atoms with Crippen LogP contribution in [-0.2, 0) is 14.4 Å². The molecule has 1 aromatic carbocycles. The Morgan fingerprint density at radius 3 is 2.13 bits per heavy atom. The number of hydrogen-bond acceptors (Lipinski definition) is 6. The third-order valence-corrected chi connectivity index (χ3v) is 6.54. The van der Waals surface area contributed by atoms with Crippen molar-refractivity contribution < 1.29 is 28.8 Å². The van der Waals surface area contributed by atoms with Gasteiger partial charge in [0.1, 0.15) is 5.60 Å². The van der Waals surface area contributed by atoms with Gasteiger partial charge in [0, 0.05) is 13.1 Å². The number of nitrogens with zero attached hydrogens (tertiary/aromatic N) is 2. The minimum absolute atomic E-state index is 0.243. The van der Waals surface area contributed by atoms with Gasteiger partial charge in [-0.3, -0.25) is 9.59 Å². The standard InChI is InChI=1S/C23H28N2O6/c1-22(2,3)30-21(29)24-13-11-23(12-14-24)10-6-9-17(23)20(28)31-25-18(26)15-7-4-5-8-16(15)19(25)27/h4-5,7-8,17H,6,9-14H2,1-3H3. The van der Waals surface area contributed by atoms with Crippen LogP contribution < -0.4 is 0 Å². The number of ether oxygens (including phenoxy) is 1. The molecule has 166 valence electrons. The van der Waals surface area contributed by atoms with Crippen LogP contribution in [0.1, 0.15) is 73.6 Å². The van der Waals surface area contributed by atoms with E-state index in [2.05, 4.69) is 0 Å². The van der Waals surface area contributed by atoms with Crippen molar-refractivity contribution in [2.75, 3.05) is 13.1 Å². The van der Waals surface area contributed by atoms with E-state index >= 15 is 0 Å². The minimum atomic E-state index is -0.610. The zero-order valence-corrected chi connectivity index (χ0v) is 18.2. The molecule has 0 radical (unpaired) electrons. The Hall–Kier alpha value is -2.90. The van der Waals surface area contributed by atoms with Gasteiger partial charge in [-0.2, -0.15) is 0 Å². The SMILES string of the molecule is CC(C)(C)OC(=O)N1CCC2(CCCC2C(=O)ON2C(=O)c3ccccc3C2=O)CC1. The number of carbonyl (C=O) groups is 4. The van der Waals surface area contributed by atoms with E-state index in [-0.39, 0.29) is 22.6 Å². The number of hydrogen-bond donors (Lipinski definition) is 0. The molecule has 1 atom stereocenters. The van der Waals surface area contributed by atoms with Gasteiger partial charge < -0.3 is 14.5 Å². The molecule has 3 aliphatic rings. The largest absolute Gasteiger partial charge is 0.444 e. The highest BCUT2D eigenvalue weighted by Crippen LogP contribution is 2.51. The fourth-order valence-corrected chi connectivity index (χ4v) is 4.97. The van der Waals surface area contributed by atoms with Gasteiger partial charge in [0.15, 0.2) is 0 Å². The van der Waals surface area contributed by atoms with Crippen LogP contribution >= 0.6 is 0 Å². The van der Waals surface area contributed by atoms with Crippen molar-refractivity contribution in [2.24, 2.45) is 11.3 Å². The average Bonchev–Trinajstić information content (AvgIpc) is 3.22. The van der Waals surface area contributed by atoms with Crippen molar-refractivity contribution in [3.63, 3.8) is 0 Å². The molecule has 8 heteroatoms. The van der Waals surface area contributed by atoms with Crippen LogP contribution in [0.25, 0.3) is 0 Å². The van der Waals surface area contributed by atoms with Crippen LogP contribution in [0.15, 0.2) is 24.3 Å². The molecule has 2 aliphatic heterocycles. The number of hydroxylamine groups is 2. The molecule has 3 amide bonds. The molecule has 4 rings (SSSR count). The lowest BCUT2D eigenvalue weighted by Gasteiger charge is -2.42. The second kappa shape index (κ2) is 7.66. The molecule has 0 aromatic heterocycles. The fraction of sp³-hybridized carbons (Fsp3) is 0.565. The molecule has 1 saturated heterocycles. The molecular formula is C23H28N2O6. The molecule has 31 heavy (non-hydrogen) atoms. The number of rotatable bonds is 2. The van der Waals surface area contributed by atoms with Crippen molar-refractivity contribution >= 4 is 23.9 Å². The van der Waals surface area contributed by atoms with Crippen LogP contribution in [0.4, 0.5) is 4.79 Å². The van der Waals surface area contributed by atoms with Crippen LogP contribution in [0.3, 0.4) is 0 Å². The quantitative estimate of drug-likeness (QED) is 0.669.